The van der Waals surface area contributed by atoms with Crippen molar-refractivity contribution in [2.24, 2.45) is 0 Å². The van der Waals surface area contributed by atoms with Gasteiger partial charge in [0.05, 0.1) is 16.7 Å². The Morgan fingerprint density at radius 2 is 0.740 bits per heavy atom. The van der Waals surface area contributed by atoms with Crippen molar-refractivity contribution < 1.29 is 4.42 Å². The summed E-state index contributed by atoms with van der Waals surface area (Å²) in [5.41, 5.74) is 20.0. The summed E-state index contributed by atoms with van der Waals surface area (Å²) in [5, 5.41) is 7.10. The number of fused-ring (bicyclic) bond motifs is 8. The minimum atomic E-state index is 0.846. The summed E-state index contributed by atoms with van der Waals surface area (Å²) >= 11 is 0. The standard InChI is InChI=1S/C70H46N2O/c1-4-15-47(16-5-1)51-35-40-58(41-36-51)71(66-26-14-24-63-68-60-22-11-10-19-56(60)45-64(70(68)73-69(63)66)54-17-6-2-7-18-54)59-42-37-52(38-43-59)50-29-27-48(28-30-50)49-31-33-53(34-32-49)55-39-44-62-61-23-12-13-25-65(61)72(67(62)46-55)57-20-8-3-9-21-57/h1-46H. The third-order valence-corrected chi connectivity index (χ3v) is 14.6. The average Bonchev–Trinajstić information content (AvgIpc) is 4.03. The molecule has 0 unspecified atom stereocenters. The minimum absolute atomic E-state index is 0.846. The lowest BCUT2D eigenvalue weighted by atomic mass is 9.96. The van der Waals surface area contributed by atoms with Crippen molar-refractivity contribution in [1.82, 2.24) is 4.57 Å². The fourth-order valence-corrected chi connectivity index (χ4v) is 11.0. The molecular weight excluding hydrogens is 885 g/mol. The predicted molar refractivity (Wildman–Crippen MR) is 307 cm³/mol. The second-order valence-corrected chi connectivity index (χ2v) is 18.8. The number of hydrogen-bond donors (Lipinski definition) is 0. The smallest absolute Gasteiger partial charge is 0.159 e. The van der Waals surface area contributed by atoms with Gasteiger partial charge in [-0.25, -0.2) is 0 Å². The van der Waals surface area contributed by atoms with E-state index in [9.17, 15) is 0 Å². The Morgan fingerprint density at radius 3 is 1.36 bits per heavy atom. The molecular formula is C70H46N2O. The summed E-state index contributed by atoms with van der Waals surface area (Å²) in [4.78, 5) is 2.33. The molecule has 2 aromatic heterocycles. The van der Waals surface area contributed by atoms with Crippen molar-refractivity contribution in [3.05, 3.63) is 279 Å². The Labute approximate surface area is 423 Å². The summed E-state index contributed by atoms with van der Waals surface area (Å²) in [6.07, 6.45) is 0. The molecule has 3 nitrogen and oxygen atoms in total. The first-order valence-corrected chi connectivity index (χ1v) is 25.0. The van der Waals surface area contributed by atoms with Crippen LogP contribution in [0.1, 0.15) is 0 Å². The highest BCUT2D eigenvalue weighted by Gasteiger charge is 2.23. The summed E-state index contributed by atoms with van der Waals surface area (Å²) < 4.78 is 9.55. The van der Waals surface area contributed by atoms with Gasteiger partial charge in [-0.05, 0) is 122 Å². The molecule has 12 aromatic carbocycles. The zero-order valence-electron chi connectivity index (χ0n) is 39.9. The number of anilines is 3. The Bertz CT molecular complexity index is 4310. The van der Waals surface area contributed by atoms with Gasteiger partial charge in [0.2, 0.25) is 0 Å². The fourth-order valence-electron chi connectivity index (χ4n) is 11.0. The molecule has 73 heavy (non-hydrogen) atoms. The molecule has 2 heterocycles. The summed E-state index contributed by atoms with van der Waals surface area (Å²) in [6.45, 7) is 0. The van der Waals surface area contributed by atoms with Crippen LogP contribution in [0, 0.1) is 0 Å². The maximum absolute atomic E-state index is 7.17. The van der Waals surface area contributed by atoms with Gasteiger partial charge in [0.15, 0.2) is 5.58 Å². The van der Waals surface area contributed by atoms with E-state index in [1.807, 2.05) is 0 Å². The van der Waals surface area contributed by atoms with Gasteiger partial charge in [-0.3, -0.25) is 0 Å². The number of furan rings is 1. The largest absolute Gasteiger partial charge is 0.453 e. The number of aromatic nitrogens is 1. The van der Waals surface area contributed by atoms with Gasteiger partial charge in [0, 0.05) is 44.2 Å². The van der Waals surface area contributed by atoms with Crippen molar-refractivity contribution in [3.63, 3.8) is 0 Å². The first-order valence-electron chi connectivity index (χ1n) is 25.0. The molecule has 342 valence electrons. The van der Waals surface area contributed by atoms with Crippen LogP contribution in [0.2, 0.25) is 0 Å². The fraction of sp³-hybridized carbons (Fsp3) is 0. The Kier molecular flexibility index (Phi) is 10.2. The monoisotopic (exact) mass is 930 g/mol. The first-order chi connectivity index (χ1) is 36.2. The zero-order valence-corrected chi connectivity index (χ0v) is 39.9. The molecule has 0 aliphatic carbocycles. The Morgan fingerprint density at radius 1 is 0.288 bits per heavy atom. The van der Waals surface area contributed by atoms with Crippen LogP contribution in [-0.4, -0.2) is 4.57 Å². The molecule has 0 amide bonds. The SMILES string of the molecule is c1ccc(-c2ccc(N(c3ccc(-c4ccc(-c5ccc(-c6ccc7c8ccccc8n(-c8ccccc8)c7c6)cc5)cc4)cc3)c3cccc4c3oc3c(-c5ccccc5)cc5ccccc5c34)cc2)cc1. The molecule has 0 radical (unpaired) electrons. The van der Waals surface area contributed by atoms with E-state index in [0.29, 0.717) is 0 Å². The maximum atomic E-state index is 7.17. The molecule has 0 saturated heterocycles. The van der Waals surface area contributed by atoms with Gasteiger partial charge in [-0.2, -0.15) is 0 Å². The van der Waals surface area contributed by atoms with Gasteiger partial charge in [0.1, 0.15) is 5.58 Å². The summed E-state index contributed by atoms with van der Waals surface area (Å²) in [6, 6.07) is 101. The van der Waals surface area contributed by atoms with E-state index < -0.39 is 0 Å². The summed E-state index contributed by atoms with van der Waals surface area (Å²) in [5.74, 6) is 0. The van der Waals surface area contributed by atoms with Gasteiger partial charge in [-0.1, -0.05) is 218 Å². The molecule has 0 N–H and O–H groups in total. The lowest BCUT2D eigenvalue weighted by Gasteiger charge is -2.26. The number of para-hydroxylation sites is 3. The third-order valence-electron chi connectivity index (χ3n) is 14.6. The van der Waals surface area contributed by atoms with Crippen LogP contribution in [0.3, 0.4) is 0 Å². The summed E-state index contributed by atoms with van der Waals surface area (Å²) in [7, 11) is 0. The van der Waals surface area contributed by atoms with E-state index in [1.54, 1.807) is 0 Å². The topological polar surface area (TPSA) is 21.3 Å². The van der Waals surface area contributed by atoms with Crippen molar-refractivity contribution >= 4 is 71.6 Å². The molecule has 0 aliphatic rings. The minimum Gasteiger partial charge on any atom is -0.453 e. The van der Waals surface area contributed by atoms with E-state index in [0.717, 1.165) is 66.9 Å². The van der Waals surface area contributed by atoms with E-state index in [2.05, 4.69) is 289 Å². The second-order valence-electron chi connectivity index (χ2n) is 18.8. The van der Waals surface area contributed by atoms with Gasteiger partial charge < -0.3 is 13.9 Å². The van der Waals surface area contributed by atoms with E-state index in [-0.39, 0.29) is 0 Å². The molecule has 0 saturated carbocycles. The molecule has 3 heteroatoms. The molecule has 0 fully saturated rings. The van der Waals surface area contributed by atoms with Crippen molar-refractivity contribution in [2.45, 2.75) is 0 Å². The van der Waals surface area contributed by atoms with Gasteiger partial charge in [-0.15, -0.1) is 0 Å². The van der Waals surface area contributed by atoms with Gasteiger partial charge in [0.25, 0.3) is 0 Å². The molecule has 0 spiro atoms. The highest BCUT2D eigenvalue weighted by molar-refractivity contribution is 6.24. The van der Waals surface area contributed by atoms with Crippen LogP contribution in [0.15, 0.2) is 283 Å². The van der Waals surface area contributed by atoms with E-state index >= 15 is 0 Å². The number of hydrogen-bond acceptors (Lipinski definition) is 2. The van der Waals surface area contributed by atoms with Crippen molar-refractivity contribution in [3.8, 4) is 61.3 Å². The normalized spacial score (nSPS) is 11.6. The van der Waals surface area contributed by atoms with Crippen LogP contribution >= 0.6 is 0 Å². The Hall–Kier alpha value is -9.70. The molecule has 14 rings (SSSR count). The second kappa shape index (κ2) is 17.6. The van der Waals surface area contributed by atoms with E-state index in [1.165, 1.54) is 66.0 Å². The van der Waals surface area contributed by atoms with Crippen LogP contribution in [0.5, 0.6) is 0 Å². The van der Waals surface area contributed by atoms with Crippen LogP contribution in [-0.2, 0) is 0 Å². The Balaban J connectivity index is 0.802. The molecule has 0 atom stereocenters. The van der Waals surface area contributed by atoms with Crippen molar-refractivity contribution in [2.75, 3.05) is 4.90 Å². The zero-order chi connectivity index (χ0) is 48.2. The number of nitrogens with zero attached hydrogens (tertiary/aromatic N) is 2. The maximum Gasteiger partial charge on any atom is 0.159 e. The highest BCUT2D eigenvalue weighted by Crippen LogP contribution is 2.47. The van der Waals surface area contributed by atoms with Gasteiger partial charge >= 0.3 is 0 Å². The average molecular weight is 931 g/mol. The predicted octanol–water partition coefficient (Wildman–Crippen LogP) is 19.6. The number of rotatable bonds is 9. The van der Waals surface area contributed by atoms with E-state index in [4.69, 9.17) is 4.42 Å². The van der Waals surface area contributed by atoms with Crippen LogP contribution < -0.4 is 4.90 Å². The van der Waals surface area contributed by atoms with Crippen molar-refractivity contribution in [1.29, 1.82) is 0 Å². The molecule has 0 bridgehead atoms. The van der Waals surface area contributed by atoms with Crippen LogP contribution in [0.4, 0.5) is 17.1 Å². The van der Waals surface area contributed by atoms with Crippen LogP contribution in [0.25, 0.3) is 116 Å². The lowest BCUT2D eigenvalue weighted by molar-refractivity contribution is 0.670. The first kappa shape index (κ1) is 42.2. The lowest BCUT2D eigenvalue weighted by Crippen LogP contribution is -2.10. The highest BCUT2D eigenvalue weighted by atomic mass is 16.3. The molecule has 14 aromatic rings. The quantitative estimate of drug-likeness (QED) is 0.144. The molecule has 0 aliphatic heterocycles. The number of benzene rings is 12. The third kappa shape index (κ3) is 7.37.